The predicted octanol–water partition coefficient (Wildman–Crippen LogP) is 2.33. The Labute approximate surface area is 194 Å². The number of benzene rings is 3. The summed E-state index contributed by atoms with van der Waals surface area (Å²) in [7, 11) is 0. The second kappa shape index (κ2) is 11.2. The van der Waals surface area contributed by atoms with Gasteiger partial charge in [0.1, 0.15) is 0 Å². The highest BCUT2D eigenvalue weighted by molar-refractivity contribution is 5.94. The number of halogens is 2. The van der Waals surface area contributed by atoms with Crippen molar-refractivity contribution >= 4 is 22.6 Å². The lowest BCUT2D eigenvalue weighted by molar-refractivity contribution is -0.130. The zero-order valence-corrected chi connectivity index (χ0v) is 18.2. The Bertz CT molecular complexity index is 1220. The van der Waals surface area contributed by atoms with Gasteiger partial charge in [0, 0.05) is 17.5 Å². The van der Waals surface area contributed by atoms with E-state index in [-0.39, 0.29) is 24.2 Å². The van der Waals surface area contributed by atoms with E-state index in [1.54, 1.807) is 5.48 Å². The molecule has 178 valence electrons. The van der Waals surface area contributed by atoms with Crippen molar-refractivity contribution in [2.75, 3.05) is 6.54 Å². The molecular weight excluding hydrogens is 444 g/mol. The molecule has 7 N–H and O–H groups in total. The quantitative estimate of drug-likeness (QED) is 0.186. The Morgan fingerprint density at radius 1 is 1.03 bits per heavy atom. The molecule has 34 heavy (non-hydrogen) atoms. The van der Waals surface area contributed by atoms with Gasteiger partial charge >= 0.3 is 0 Å². The Kier molecular flexibility index (Phi) is 8.12. The highest BCUT2D eigenvalue weighted by Crippen LogP contribution is 2.18. The average Bonchev–Trinajstić information content (AvgIpc) is 2.83. The number of nitrogens with zero attached hydrogens (tertiary/aromatic N) is 1. The molecule has 0 saturated carbocycles. The third kappa shape index (κ3) is 6.50. The first kappa shape index (κ1) is 24.6. The fourth-order valence-corrected chi connectivity index (χ4v) is 3.44. The molecule has 0 fully saturated rings. The predicted molar refractivity (Wildman–Crippen MR) is 123 cm³/mol. The van der Waals surface area contributed by atoms with Gasteiger partial charge in [-0.15, -0.1) is 0 Å². The average molecular weight is 469 g/mol. The second-order valence-electron chi connectivity index (χ2n) is 7.74. The molecule has 0 aliphatic heterocycles. The molecule has 0 heterocycles. The molecule has 1 unspecified atom stereocenters. The van der Waals surface area contributed by atoms with E-state index in [4.69, 9.17) is 16.8 Å². The topological polar surface area (TPSA) is 134 Å². The van der Waals surface area contributed by atoms with Crippen LogP contribution in [-0.4, -0.2) is 34.6 Å². The number of carbonyl (C=O) groups is 2. The molecule has 2 amide bonds. The lowest BCUT2D eigenvalue weighted by atomic mass is 9.99. The van der Waals surface area contributed by atoms with Crippen molar-refractivity contribution in [2.45, 2.75) is 18.9 Å². The zero-order valence-electron chi connectivity index (χ0n) is 18.2. The first-order valence-corrected chi connectivity index (χ1v) is 10.4. The maximum absolute atomic E-state index is 13.3. The lowest BCUT2D eigenvalue weighted by Crippen LogP contribution is -2.42. The normalized spacial score (nSPS) is 12.3. The van der Waals surface area contributed by atoms with Crippen molar-refractivity contribution in [3.05, 3.63) is 95.3 Å². The highest BCUT2D eigenvalue weighted by atomic mass is 19.2. The van der Waals surface area contributed by atoms with Crippen LogP contribution in [0.15, 0.2) is 72.6 Å². The van der Waals surface area contributed by atoms with Crippen molar-refractivity contribution in [2.24, 2.45) is 11.6 Å². The zero-order chi connectivity index (χ0) is 24.7. The molecule has 0 bridgehead atoms. The lowest BCUT2D eigenvalue weighted by Gasteiger charge is -2.26. The summed E-state index contributed by atoms with van der Waals surface area (Å²) < 4.78 is 26.4. The Balaban J connectivity index is 1.68. The molecule has 10 heteroatoms. The smallest absolute Gasteiger partial charge is 0.251 e. The summed E-state index contributed by atoms with van der Waals surface area (Å²) >= 11 is 0. The Hall–Kier alpha value is -4.02. The van der Waals surface area contributed by atoms with Gasteiger partial charge in [0.2, 0.25) is 5.91 Å². The maximum Gasteiger partial charge on any atom is 0.251 e. The molecule has 0 aromatic heterocycles. The largest absolute Gasteiger partial charge is 0.399 e. The molecule has 3 rings (SSSR count). The van der Waals surface area contributed by atoms with Crippen molar-refractivity contribution in [1.82, 2.24) is 15.8 Å². The minimum absolute atomic E-state index is 0.0647. The fraction of sp³-hybridized carbons (Fsp3) is 0.167. The third-order valence-corrected chi connectivity index (χ3v) is 5.20. The van der Waals surface area contributed by atoms with Crippen LogP contribution in [0.3, 0.4) is 0 Å². The van der Waals surface area contributed by atoms with Gasteiger partial charge in [0.15, 0.2) is 11.6 Å². The second-order valence-corrected chi connectivity index (χ2v) is 7.74. The van der Waals surface area contributed by atoms with Crippen molar-refractivity contribution < 1.29 is 23.6 Å². The number of hydrazine groups is 1. The first-order valence-electron chi connectivity index (χ1n) is 10.4. The van der Waals surface area contributed by atoms with E-state index < -0.39 is 29.5 Å². The SMILES string of the molecule is N/C(=C\N(N)C(CC(=O)NO)Cc1ccc2ccccc2c1)CNC(=O)c1ccc(F)c(F)c1. The minimum Gasteiger partial charge on any atom is -0.399 e. The summed E-state index contributed by atoms with van der Waals surface area (Å²) in [6.07, 6.45) is 1.62. The van der Waals surface area contributed by atoms with E-state index >= 15 is 0 Å². The van der Waals surface area contributed by atoms with Crippen LogP contribution >= 0.6 is 0 Å². The molecule has 8 nitrogen and oxygen atoms in total. The number of nitrogens with one attached hydrogen (secondary N) is 2. The number of fused-ring (bicyclic) bond motifs is 1. The molecule has 1 atom stereocenters. The maximum atomic E-state index is 13.3. The molecule has 0 aliphatic rings. The van der Waals surface area contributed by atoms with Crippen LogP contribution in [0, 0.1) is 11.6 Å². The van der Waals surface area contributed by atoms with Crippen LogP contribution in [0.2, 0.25) is 0 Å². The number of amides is 2. The van der Waals surface area contributed by atoms with E-state index in [0.717, 1.165) is 34.5 Å². The summed E-state index contributed by atoms with van der Waals surface area (Å²) in [6, 6.07) is 15.9. The Morgan fingerprint density at radius 2 is 1.76 bits per heavy atom. The van der Waals surface area contributed by atoms with E-state index in [1.165, 1.54) is 11.2 Å². The van der Waals surface area contributed by atoms with Crippen molar-refractivity contribution in [1.29, 1.82) is 0 Å². The van der Waals surface area contributed by atoms with Crippen molar-refractivity contribution in [3.63, 3.8) is 0 Å². The van der Waals surface area contributed by atoms with E-state index in [2.05, 4.69) is 5.32 Å². The minimum atomic E-state index is -1.14. The molecule has 0 saturated heterocycles. The highest BCUT2D eigenvalue weighted by Gasteiger charge is 2.19. The number of carbonyl (C=O) groups excluding carboxylic acids is 2. The number of hydrogen-bond acceptors (Lipinski definition) is 6. The van der Waals surface area contributed by atoms with Crippen LogP contribution in [0.1, 0.15) is 22.3 Å². The van der Waals surface area contributed by atoms with Gasteiger partial charge in [0.05, 0.1) is 19.0 Å². The molecular formula is C24H25F2N5O3. The molecule has 3 aromatic rings. The molecule has 0 spiro atoms. The van der Waals surface area contributed by atoms with Gasteiger partial charge in [-0.2, -0.15) is 0 Å². The van der Waals surface area contributed by atoms with E-state index in [0.29, 0.717) is 6.42 Å². The molecule has 3 aromatic carbocycles. The summed E-state index contributed by atoms with van der Waals surface area (Å²) in [4.78, 5) is 24.0. The third-order valence-electron chi connectivity index (χ3n) is 5.20. The van der Waals surface area contributed by atoms with Crippen LogP contribution in [-0.2, 0) is 11.2 Å². The van der Waals surface area contributed by atoms with Gasteiger partial charge in [-0.25, -0.2) is 20.1 Å². The number of hydrogen-bond donors (Lipinski definition) is 5. The number of hydroxylamine groups is 1. The monoisotopic (exact) mass is 469 g/mol. The van der Waals surface area contributed by atoms with E-state index in [9.17, 15) is 18.4 Å². The standard InChI is InChI=1S/C24H25F2N5O3/c25-21-8-7-18(11-22(21)26)24(33)29-13-19(27)14-31(28)20(12-23(32)30-34)10-15-5-6-16-3-1-2-4-17(16)9-15/h1-9,11,14,20,34H,10,12-13,27-28H2,(H,29,33)(H,30,32)/b19-14-. The number of rotatable bonds is 9. The number of nitrogens with two attached hydrogens (primary N) is 2. The molecule has 0 aliphatic carbocycles. The first-order chi connectivity index (χ1) is 16.3. The van der Waals surface area contributed by atoms with E-state index in [1.807, 2.05) is 42.5 Å². The van der Waals surface area contributed by atoms with Gasteiger partial charge in [-0.1, -0.05) is 42.5 Å². The summed E-state index contributed by atoms with van der Waals surface area (Å²) in [5.41, 5.74) is 8.58. The summed E-state index contributed by atoms with van der Waals surface area (Å²) in [5.74, 6) is 2.68. The molecule has 0 radical (unpaired) electrons. The van der Waals surface area contributed by atoms with Crippen LogP contribution in [0.25, 0.3) is 10.8 Å². The van der Waals surface area contributed by atoms with Crippen LogP contribution in [0.5, 0.6) is 0 Å². The van der Waals surface area contributed by atoms with Gasteiger partial charge in [0.25, 0.3) is 5.91 Å². The van der Waals surface area contributed by atoms with Crippen molar-refractivity contribution in [3.8, 4) is 0 Å². The summed E-state index contributed by atoms with van der Waals surface area (Å²) in [5, 5.41) is 14.8. The van der Waals surface area contributed by atoms with Crippen LogP contribution < -0.4 is 22.4 Å². The van der Waals surface area contributed by atoms with Gasteiger partial charge in [-0.05, 0) is 41.0 Å². The fourth-order valence-electron chi connectivity index (χ4n) is 3.44. The summed E-state index contributed by atoms with van der Waals surface area (Å²) in [6.45, 7) is -0.125. The van der Waals surface area contributed by atoms with Gasteiger partial charge < -0.3 is 16.1 Å². The van der Waals surface area contributed by atoms with Crippen LogP contribution in [0.4, 0.5) is 8.78 Å². The Morgan fingerprint density at radius 3 is 2.47 bits per heavy atom. The van der Waals surface area contributed by atoms with Gasteiger partial charge in [-0.3, -0.25) is 14.8 Å².